The van der Waals surface area contributed by atoms with Crippen LogP contribution in [0.5, 0.6) is 0 Å². The summed E-state index contributed by atoms with van der Waals surface area (Å²) in [5.41, 5.74) is 0.0663. The minimum absolute atomic E-state index is 0.0663. The summed E-state index contributed by atoms with van der Waals surface area (Å²) in [5.74, 6) is -0.803. The highest BCUT2D eigenvalue weighted by Gasteiger charge is 2.15. The molecule has 0 aliphatic heterocycles. The van der Waals surface area contributed by atoms with Gasteiger partial charge in [0.25, 0.3) is 11.8 Å². The first-order valence-electron chi connectivity index (χ1n) is 5.40. The van der Waals surface area contributed by atoms with E-state index in [4.69, 9.17) is 8.83 Å². The van der Waals surface area contributed by atoms with Crippen molar-refractivity contribution in [1.82, 2.24) is 10.3 Å². The average Bonchev–Trinajstić information content (AvgIpc) is 3.06. The SMILES string of the molecule is C=CCNC(=O)c1coc(NC(=O)c2ccco2)n1. The second-order valence-electron chi connectivity index (χ2n) is 3.47. The molecule has 0 radical (unpaired) electrons. The Labute approximate surface area is 108 Å². The van der Waals surface area contributed by atoms with E-state index in [1.165, 1.54) is 18.4 Å². The summed E-state index contributed by atoms with van der Waals surface area (Å²) < 4.78 is 9.87. The van der Waals surface area contributed by atoms with E-state index in [9.17, 15) is 9.59 Å². The van der Waals surface area contributed by atoms with Crippen molar-refractivity contribution in [3.63, 3.8) is 0 Å². The Morgan fingerprint density at radius 1 is 1.37 bits per heavy atom. The predicted octanol–water partition coefficient (Wildman–Crippen LogP) is 1.44. The van der Waals surface area contributed by atoms with Crippen molar-refractivity contribution < 1.29 is 18.4 Å². The van der Waals surface area contributed by atoms with Crippen LogP contribution in [0.25, 0.3) is 0 Å². The van der Waals surface area contributed by atoms with Crippen LogP contribution in [0, 0.1) is 0 Å². The molecule has 0 saturated carbocycles. The molecular formula is C12H11N3O4. The van der Waals surface area contributed by atoms with E-state index in [1.54, 1.807) is 6.07 Å². The van der Waals surface area contributed by atoms with E-state index in [0.29, 0.717) is 6.54 Å². The first kappa shape index (κ1) is 12.6. The summed E-state index contributed by atoms with van der Waals surface area (Å²) in [4.78, 5) is 27.0. The summed E-state index contributed by atoms with van der Waals surface area (Å²) in [6.07, 6.45) is 4.06. The third-order valence-corrected chi connectivity index (χ3v) is 2.11. The first-order valence-corrected chi connectivity index (χ1v) is 5.40. The Bertz CT molecular complexity index is 586. The molecule has 7 heteroatoms. The van der Waals surface area contributed by atoms with Crippen molar-refractivity contribution in [1.29, 1.82) is 0 Å². The van der Waals surface area contributed by atoms with Crippen LogP contribution < -0.4 is 10.6 Å². The number of nitrogens with zero attached hydrogens (tertiary/aromatic N) is 1. The normalized spacial score (nSPS) is 9.89. The number of carbonyl (C=O) groups excluding carboxylic acids is 2. The number of aromatic nitrogens is 1. The second kappa shape index (κ2) is 5.67. The van der Waals surface area contributed by atoms with Crippen molar-refractivity contribution in [2.75, 3.05) is 11.9 Å². The molecule has 98 valence electrons. The van der Waals surface area contributed by atoms with E-state index in [2.05, 4.69) is 22.2 Å². The number of nitrogens with one attached hydrogen (secondary N) is 2. The topological polar surface area (TPSA) is 97.4 Å². The van der Waals surface area contributed by atoms with Crippen molar-refractivity contribution in [2.45, 2.75) is 0 Å². The molecule has 0 aromatic carbocycles. The van der Waals surface area contributed by atoms with Crippen molar-refractivity contribution in [3.05, 3.63) is 48.8 Å². The van der Waals surface area contributed by atoms with Gasteiger partial charge in [-0.15, -0.1) is 6.58 Å². The summed E-state index contributed by atoms with van der Waals surface area (Å²) in [7, 11) is 0. The third kappa shape index (κ3) is 3.09. The molecular weight excluding hydrogens is 250 g/mol. The van der Waals surface area contributed by atoms with Crippen molar-refractivity contribution >= 4 is 17.8 Å². The summed E-state index contributed by atoms with van der Waals surface area (Å²) in [6, 6.07) is 3.00. The van der Waals surface area contributed by atoms with Crippen LogP contribution in [0.1, 0.15) is 21.0 Å². The minimum Gasteiger partial charge on any atom is -0.459 e. The van der Waals surface area contributed by atoms with Gasteiger partial charge in [-0.25, -0.2) is 0 Å². The van der Waals surface area contributed by atoms with Gasteiger partial charge in [-0.3, -0.25) is 14.9 Å². The predicted molar refractivity (Wildman–Crippen MR) is 65.7 cm³/mol. The first-order chi connectivity index (χ1) is 9.20. The van der Waals surface area contributed by atoms with E-state index in [0.717, 1.165) is 6.26 Å². The molecule has 0 aliphatic carbocycles. The molecule has 2 heterocycles. The molecule has 0 unspecified atom stereocenters. The fourth-order valence-corrected chi connectivity index (χ4v) is 1.26. The minimum atomic E-state index is -0.509. The molecule has 19 heavy (non-hydrogen) atoms. The summed E-state index contributed by atoms with van der Waals surface area (Å²) in [5, 5.41) is 4.90. The zero-order chi connectivity index (χ0) is 13.7. The van der Waals surface area contributed by atoms with Crippen molar-refractivity contribution in [2.24, 2.45) is 0 Å². The molecule has 2 aromatic heterocycles. The Hall–Kier alpha value is -2.83. The van der Waals surface area contributed by atoms with Gasteiger partial charge in [0.05, 0.1) is 6.26 Å². The lowest BCUT2D eigenvalue weighted by molar-refractivity contribution is 0.0951. The van der Waals surface area contributed by atoms with Crippen LogP contribution in [0.4, 0.5) is 6.01 Å². The standard InChI is InChI=1S/C12H11N3O4/c1-2-5-13-10(16)8-7-19-12(14-8)15-11(17)9-4-3-6-18-9/h2-4,6-7H,1,5H2,(H,13,16)(H,14,15,17). The number of hydrogen-bond donors (Lipinski definition) is 2. The molecule has 0 atom stereocenters. The maximum absolute atomic E-state index is 11.6. The smallest absolute Gasteiger partial charge is 0.302 e. The van der Waals surface area contributed by atoms with E-state index >= 15 is 0 Å². The van der Waals surface area contributed by atoms with Crippen LogP contribution in [-0.4, -0.2) is 23.3 Å². The van der Waals surface area contributed by atoms with E-state index in [-0.39, 0.29) is 17.5 Å². The third-order valence-electron chi connectivity index (χ3n) is 2.11. The van der Waals surface area contributed by atoms with Gasteiger partial charge < -0.3 is 14.2 Å². The largest absolute Gasteiger partial charge is 0.459 e. The van der Waals surface area contributed by atoms with E-state index in [1.807, 2.05) is 0 Å². The maximum atomic E-state index is 11.6. The van der Waals surface area contributed by atoms with Crippen LogP contribution in [-0.2, 0) is 0 Å². The summed E-state index contributed by atoms with van der Waals surface area (Å²) in [6.45, 7) is 3.79. The van der Waals surface area contributed by atoms with Gasteiger partial charge >= 0.3 is 6.01 Å². The molecule has 2 amide bonds. The number of anilines is 1. The van der Waals surface area contributed by atoms with Gasteiger partial charge in [-0.1, -0.05) is 6.08 Å². The van der Waals surface area contributed by atoms with Crippen LogP contribution in [0.3, 0.4) is 0 Å². The monoisotopic (exact) mass is 261 g/mol. The fourth-order valence-electron chi connectivity index (χ4n) is 1.26. The molecule has 2 N–H and O–H groups in total. The molecule has 2 aromatic rings. The highest BCUT2D eigenvalue weighted by atomic mass is 16.4. The number of oxazole rings is 1. The molecule has 0 saturated heterocycles. The highest BCUT2D eigenvalue weighted by Crippen LogP contribution is 2.10. The molecule has 0 aliphatic rings. The Morgan fingerprint density at radius 3 is 2.89 bits per heavy atom. The number of rotatable bonds is 5. The maximum Gasteiger partial charge on any atom is 0.302 e. The lowest BCUT2D eigenvalue weighted by atomic mass is 10.4. The van der Waals surface area contributed by atoms with Gasteiger partial charge in [0, 0.05) is 6.54 Å². The van der Waals surface area contributed by atoms with Gasteiger partial charge in [0.15, 0.2) is 11.5 Å². The Balaban J connectivity index is 1.99. The number of furan rings is 1. The highest BCUT2D eigenvalue weighted by molar-refractivity contribution is 6.01. The quantitative estimate of drug-likeness (QED) is 0.793. The van der Waals surface area contributed by atoms with Gasteiger partial charge in [-0.2, -0.15) is 4.98 Å². The summed E-state index contributed by atoms with van der Waals surface area (Å²) >= 11 is 0. The molecule has 0 spiro atoms. The fraction of sp³-hybridized carbons (Fsp3) is 0.0833. The number of amides is 2. The van der Waals surface area contributed by atoms with Crippen LogP contribution in [0.15, 0.2) is 46.1 Å². The number of carbonyl (C=O) groups is 2. The van der Waals surface area contributed by atoms with Crippen LogP contribution >= 0.6 is 0 Å². The van der Waals surface area contributed by atoms with Crippen molar-refractivity contribution in [3.8, 4) is 0 Å². The molecule has 2 rings (SSSR count). The molecule has 7 nitrogen and oxygen atoms in total. The van der Waals surface area contributed by atoms with Gasteiger partial charge in [-0.05, 0) is 12.1 Å². The molecule has 0 bridgehead atoms. The second-order valence-corrected chi connectivity index (χ2v) is 3.47. The van der Waals surface area contributed by atoms with Gasteiger partial charge in [0.1, 0.15) is 6.26 Å². The molecule has 0 fully saturated rings. The average molecular weight is 261 g/mol. The van der Waals surface area contributed by atoms with Gasteiger partial charge in [0.2, 0.25) is 0 Å². The van der Waals surface area contributed by atoms with Crippen LogP contribution in [0.2, 0.25) is 0 Å². The Kier molecular flexibility index (Phi) is 3.77. The zero-order valence-corrected chi connectivity index (χ0v) is 9.88. The lowest BCUT2D eigenvalue weighted by Gasteiger charge is -1.97. The number of hydrogen-bond acceptors (Lipinski definition) is 5. The van der Waals surface area contributed by atoms with E-state index < -0.39 is 11.8 Å². The Morgan fingerprint density at radius 2 is 2.21 bits per heavy atom. The lowest BCUT2D eigenvalue weighted by Crippen LogP contribution is -2.23. The zero-order valence-electron chi connectivity index (χ0n) is 9.88.